The SMILES string of the molecule is C=C(NS(=O)(=O)C(C)CC)C(N)=O. The summed E-state index contributed by atoms with van der Waals surface area (Å²) in [5.41, 5.74) is 4.51. The molecule has 0 aromatic heterocycles. The fourth-order valence-corrected chi connectivity index (χ4v) is 1.63. The van der Waals surface area contributed by atoms with E-state index < -0.39 is 21.2 Å². The maximum absolute atomic E-state index is 11.3. The highest BCUT2D eigenvalue weighted by Crippen LogP contribution is 2.03. The molecule has 76 valence electrons. The second-order valence-electron chi connectivity index (χ2n) is 2.71. The monoisotopic (exact) mass is 206 g/mol. The molecule has 0 saturated heterocycles. The van der Waals surface area contributed by atoms with Gasteiger partial charge in [-0.25, -0.2) is 8.42 Å². The van der Waals surface area contributed by atoms with Crippen LogP contribution in [0.5, 0.6) is 0 Å². The van der Waals surface area contributed by atoms with Crippen molar-refractivity contribution in [3.8, 4) is 0 Å². The predicted octanol–water partition coefficient (Wildman–Crippen LogP) is -0.297. The molecule has 0 saturated carbocycles. The molecule has 0 aromatic carbocycles. The molecule has 1 atom stereocenters. The zero-order valence-corrected chi connectivity index (χ0v) is 8.52. The van der Waals surface area contributed by atoms with E-state index in [2.05, 4.69) is 6.58 Å². The quantitative estimate of drug-likeness (QED) is 0.605. The van der Waals surface area contributed by atoms with Gasteiger partial charge in [-0.1, -0.05) is 13.5 Å². The van der Waals surface area contributed by atoms with Gasteiger partial charge in [0.25, 0.3) is 5.91 Å². The molecule has 0 spiro atoms. The van der Waals surface area contributed by atoms with Gasteiger partial charge in [-0.2, -0.15) is 0 Å². The van der Waals surface area contributed by atoms with E-state index >= 15 is 0 Å². The Morgan fingerprint density at radius 1 is 1.62 bits per heavy atom. The summed E-state index contributed by atoms with van der Waals surface area (Å²) in [5.74, 6) is -0.869. The Kier molecular flexibility index (Phi) is 3.93. The molecular formula is C7H14N2O3S. The van der Waals surface area contributed by atoms with E-state index in [1.165, 1.54) is 6.92 Å². The standard InChI is InChI=1S/C7H14N2O3S/c1-4-5(2)13(11,12)9-6(3)7(8)10/h5,9H,3-4H2,1-2H3,(H2,8,10). The Morgan fingerprint density at radius 3 is 2.38 bits per heavy atom. The van der Waals surface area contributed by atoms with Gasteiger partial charge >= 0.3 is 0 Å². The fourth-order valence-electron chi connectivity index (χ4n) is 0.542. The van der Waals surface area contributed by atoms with E-state index in [-0.39, 0.29) is 5.70 Å². The predicted molar refractivity (Wildman–Crippen MR) is 50.1 cm³/mol. The van der Waals surface area contributed by atoms with E-state index in [1.807, 2.05) is 4.72 Å². The molecule has 3 N–H and O–H groups in total. The van der Waals surface area contributed by atoms with Gasteiger partial charge in [-0.3, -0.25) is 9.52 Å². The Bertz CT molecular complexity index is 308. The summed E-state index contributed by atoms with van der Waals surface area (Å²) in [7, 11) is -3.50. The number of primary amides is 1. The molecule has 1 unspecified atom stereocenters. The molecule has 0 rings (SSSR count). The Morgan fingerprint density at radius 2 is 2.08 bits per heavy atom. The smallest absolute Gasteiger partial charge is 0.265 e. The number of sulfonamides is 1. The number of rotatable bonds is 5. The number of carbonyl (C=O) groups excluding carboxylic acids is 1. The zero-order chi connectivity index (χ0) is 10.6. The highest BCUT2D eigenvalue weighted by molar-refractivity contribution is 7.90. The van der Waals surface area contributed by atoms with Crippen LogP contribution in [0.25, 0.3) is 0 Å². The first-order valence-electron chi connectivity index (χ1n) is 3.81. The summed E-state index contributed by atoms with van der Waals surface area (Å²) in [4.78, 5) is 10.5. The van der Waals surface area contributed by atoms with E-state index in [9.17, 15) is 13.2 Å². The first-order chi connectivity index (χ1) is 5.81. The molecule has 0 aliphatic rings. The van der Waals surface area contributed by atoms with Gasteiger partial charge in [0.15, 0.2) is 0 Å². The van der Waals surface area contributed by atoms with Crippen LogP contribution < -0.4 is 10.5 Å². The van der Waals surface area contributed by atoms with Crippen molar-refractivity contribution >= 4 is 15.9 Å². The average Bonchev–Trinajstić information content (AvgIpc) is 2.01. The largest absolute Gasteiger partial charge is 0.364 e. The van der Waals surface area contributed by atoms with Crippen LogP contribution in [0.4, 0.5) is 0 Å². The van der Waals surface area contributed by atoms with Crippen LogP contribution in [-0.2, 0) is 14.8 Å². The average molecular weight is 206 g/mol. The van der Waals surface area contributed by atoms with Crippen molar-refractivity contribution in [1.82, 2.24) is 4.72 Å². The number of nitrogens with one attached hydrogen (secondary N) is 1. The van der Waals surface area contributed by atoms with Crippen molar-refractivity contribution < 1.29 is 13.2 Å². The summed E-state index contributed by atoms with van der Waals surface area (Å²) < 4.78 is 24.6. The third-order valence-corrected chi connectivity index (χ3v) is 3.59. The van der Waals surface area contributed by atoms with Gasteiger partial charge in [0.2, 0.25) is 10.0 Å². The van der Waals surface area contributed by atoms with E-state index in [1.54, 1.807) is 6.92 Å². The second-order valence-corrected chi connectivity index (χ2v) is 4.81. The number of hydrogen-bond donors (Lipinski definition) is 2. The van der Waals surface area contributed by atoms with E-state index in [0.717, 1.165) is 0 Å². The van der Waals surface area contributed by atoms with E-state index in [4.69, 9.17) is 5.73 Å². The van der Waals surface area contributed by atoms with Crippen molar-refractivity contribution in [3.05, 3.63) is 12.3 Å². The maximum atomic E-state index is 11.3. The van der Waals surface area contributed by atoms with Crippen LogP contribution in [0.15, 0.2) is 12.3 Å². The number of nitrogens with two attached hydrogens (primary N) is 1. The Balaban J connectivity index is 4.53. The minimum absolute atomic E-state index is 0.305. The molecule has 0 aliphatic heterocycles. The minimum Gasteiger partial charge on any atom is -0.364 e. The molecule has 6 heteroatoms. The van der Waals surface area contributed by atoms with Gasteiger partial charge in [0.05, 0.1) is 5.25 Å². The summed E-state index contributed by atoms with van der Waals surface area (Å²) in [5, 5.41) is -0.566. The second kappa shape index (κ2) is 4.27. The molecule has 0 radical (unpaired) electrons. The van der Waals surface area contributed by atoms with Gasteiger partial charge in [0, 0.05) is 0 Å². The van der Waals surface area contributed by atoms with Crippen molar-refractivity contribution in [2.45, 2.75) is 25.5 Å². The van der Waals surface area contributed by atoms with Crippen LogP contribution in [0.2, 0.25) is 0 Å². The van der Waals surface area contributed by atoms with Crippen LogP contribution in [-0.4, -0.2) is 19.6 Å². The highest BCUT2D eigenvalue weighted by atomic mass is 32.2. The summed E-state index contributed by atoms with van der Waals surface area (Å²) in [6.45, 7) is 6.46. The Labute approximate surface area is 78.1 Å². The molecule has 0 heterocycles. The third kappa shape index (κ3) is 3.45. The summed E-state index contributed by atoms with van der Waals surface area (Å²) >= 11 is 0. The van der Waals surface area contributed by atoms with Gasteiger partial charge in [0.1, 0.15) is 5.70 Å². The van der Waals surface area contributed by atoms with Crippen LogP contribution in [0, 0.1) is 0 Å². The summed E-state index contributed by atoms with van der Waals surface area (Å²) in [6, 6.07) is 0. The van der Waals surface area contributed by atoms with Gasteiger partial charge in [-0.15, -0.1) is 0 Å². The molecule has 1 amide bonds. The van der Waals surface area contributed by atoms with Crippen LogP contribution >= 0.6 is 0 Å². The lowest BCUT2D eigenvalue weighted by atomic mass is 10.4. The minimum atomic E-state index is -3.50. The molecule has 13 heavy (non-hydrogen) atoms. The maximum Gasteiger partial charge on any atom is 0.265 e. The lowest BCUT2D eigenvalue weighted by Gasteiger charge is -2.12. The van der Waals surface area contributed by atoms with Crippen LogP contribution in [0.1, 0.15) is 20.3 Å². The van der Waals surface area contributed by atoms with Crippen LogP contribution in [0.3, 0.4) is 0 Å². The lowest BCUT2D eigenvalue weighted by Crippen LogP contribution is -2.35. The molecule has 0 bridgehead atoms. The summed E-state index contributed by atoms with van der Waals surface area (Å²) in [6.07, 6.45) is 0.460. The van der Waals surface area contributed by atoms with Crippen molar-refractivity contribution in [2.75, 3.05) is 0 Å². The number of hydrogen-bond acceptors (Lipinski definition) is 3. The fraction of sp³-hybridized carbons (Fsp3) is 0.571. The molecule has 5 nitrogen and oxygen atoms in total. The van der Waals surface area contributed by atoms with Gasteiger partial charge < -0.3 is 5.73 Å². The number of amides is 1. The zero-order valence-electron chi connectivity index (χ0n) is 7.70. The Hall–Kier alpha value is -1.04. The highest BCUT2D eigenvalue weighted by Gasteiger charge is 2.20. The molecule has 0 fully saturated rings. The first kappa shape index (κ1) is 12.0. The van der Waals surface area contributed by atoms with Crippen molar-refractivity contribution in [1.29, 1.82) is 0 Å². The molecule has 0 aliphatic carbocycles. The molecule has 0 aromatic rings. The third-order valence-electron chi connectivity index (χ3n) is 1.67. The van der Waals surface area contributed by atoms with Crippen molar-refractivity contribution in [2.24, 2.45) is 5.73 Å². The first-order valence-corrected chi connectivity index (χ1v) is 5.36. The number of carbonyl (C=O) groups is 1. The normalized spacial score (nSPS) is 13.4. The van der Waals surface area contributed by atoms with Crippen molar-refractivity contribution in [3.63, 3.8) is 0 Å². The molecular weight excluding hydrogens is 192 g/mol. The van der Waals surface area contributed by atoms with Gasteiger partial charge in [-0.05, 0) is 13.3 Å². The van der Waals surface area contributed by atoms with E-state index in [0.29, 0.717) is 6.42 Å². The lowest BCUT2D eigenvalue weighted by molar-refractivity contribution is -0.114. The topological polar surface area (TPSA) is 89.3 Å².